The van der Waals surface area contributed by atoms with Crippen molar-refractivity contribution in [2.75, 3.05) is 14.7 Å². The lowest BCUT2D eigenvalue weighted by atomic mass is 10.0. The molecule has 0 aliphatic heterocycles. The van der Waals surface area contributed by atoms with Crippen LogP contribution in [0, 0.1) is 0 Å². The number of rotatable bonds is 12. The highest BCUT2D eigenvalue weighted by Gasteiger charge is 2.15. The van der Waals surface area contributed by atoms with Crippen LogP contribution in [0.4, 0.5) is 51.2 Å². The Hall–Kier alpha value is -8.14. The molecule has 0 aliphatic rings. The first kappa shape index (κ1) is 39.7. The summed E-state index contributed by atoms with van der Waals surface area (Å²) in [7, 11) is 0. The van der Waals surface area contributed by atoms with Crippen molar-refractivity contribution >= 4 is 63.3 Å². The summed E-state index contributed by atoms with van der Waals surface area (Å²) in [5.74, 6) is 0. The molecule has 0 fully saturated rings. The molecule has 61 heavy (non-hydrogen) atoms. The summed E-state index contributed by atoms with van der Waals surface area (Å²) in [5, 5.41) is 0. The van der Waals surface area contributed by atoms with Crippen molar-refractivity contribution in [3.63, 3.8) is 0 Å². The van der Waals surface area contributed by atoms with Crippen molar-refractivity contribution in [3.05, 3.63) is 273 Å². The Kier molecular flexibility index (Phi) is 12.7. The molecule has 0 aromatic heterocycles. The van der Waals surface area contributed by atoms with Gasteiger partial charge in [-0.3, -0.25) is 0 Å². The van der Waals surface area contributed by atoms with Gasteiger partial charge >= 0.3 is 0 Å². The smallest absolute Gasteiger partial charge is 0.0462 e. The van der Waals surface area contributed by atoms with Gasteiger partial charge in [0.1, 0.15) is 0 Å². The van der Waals surface area contributed by atoms with Gasteiger partial charge in [-0.2, -0.15) is 0 Å². The third-order valence-electron chi connectivity index (χ3n) is 10.4. The molecule has 9 aromatic rings. The molecule has 294 valence electrons. The van der Waals surface area contributed by atoms with E-state index in [1.807, 2.05) is 30.4 Å². The minimum Gasteiger partial charge on any atom is -0.311 e. The number of hydrogen-bond acceptors (Lipinski definition) is 3. The van der Waals surface area contributed by atoms with Gasteiger partial charge in [-0.1, -0.05) is 165 Å². The number of para-hydroxylation sites is 5. The molecule has 0 saturated heterocycles. The summed E-state index contributed by atoms with van der Waals surface area (Å²) >= 11 is 0. The molecule has 0 heterocycles. The zero-order chi connectivity index (χ0) is 41.6. The van der Waals surface area contributed by atoms with Crippen molar-refractivity contribution < 1.29 is 0 Å². The summed E-state index contributed by atoms with van der Waals surface area (Å²) < 4.78 is 0. The van der Waals surface area contributed by atoms with Crippen LogP contribution in [0.1, 0.15) is 11.1 Å². The van der Waals surface area contributed by atoms with E-state index < -0.39 is 0 Å². The summed E-state index contributed by atoms with van der Waals surface area (Å²) in [6.07, 6.45) is 3.73. The van der Waals surface area contributed by atoms with Crippen LogP contribution in [0.3, 0.4) is 0 Å². The lowest BCUT2D eigenvalue weighted by Crippen LogP contribution is -2.09. The van der Waals surface area contributed by atoms with E-state index in [0.29, 0.717) is 0 Å². The highest BCUT2D eigenvalue weighted by Crippen LogP contribution is 2.38. The Morgan fingerprint density at radius 3 is 0.590 bits per heavy atom. The Morgan fingerprint density at radius 2 is 0.393 bits per heavy atom. The summed E-state index contributed by atoms with van der Waals surface area (Å²) in [5.41, 5.74) is 14.7. The Labute approximate surface area is 360 Å². The number of hydrogen-bond donors (Lipinski definition) is 0. The maximum Gasteiger partial charge on any atom is 0.0462 e. The molecule has 0 atom stereocenters. The molecular formula is C58H47N3. The second kappa shape index (κ2) is 19.5. The fourth-order valence-electron chi connectivity index (χ4n) is 7.35. The molecule has 0 saturated carbocycles. The van der Waals surface area contributed by atoms with Gasteiger partial charge in [-0.25, -0.2) is 0 Å². The maximum absolute atomic E-state index is 3.89. The number of anilines is 9. The molecule has 0 aliphatic carbocycles. The lowest BCUT2D eigenvalue weighted by molar-refractivity contribution is 1.28. The standard InChI is InChI=1S/C38H30N2.C20H17N/c1-2-30-18-24-36(25-19-30)40(35-16-10-5-11-17-35)38-28-22-32(23-29-38)31-20-26-37(27-21-31)39(33-12-6-3-7-13-33)34-14-8-4-9-15-34;1-2-17-13-15-20(16-14-17)21(18-9-5-3-6-10-18)19-11-7-4-8-12-19/h2-29H,1H2;2-16H,1H2. The summed E-state index contributed by atoms with van der Waals surface area (Å²) in [6.45, 7) is 7.70. The predicted molar refractivity (Wildman–Crippen MR) is 263 cm³/mol. The monoisotopic (exact) mass is 785 g/mol. The van der Waals surface area contributed by atoms with Gasteiger partial charge in [-0.15, -0.1) is 0 Å². The molecule has 0 spiro atoms. The Bertz CT molecular complexity index is 2640. The summed E-state index contributed by atoms with van der Waals surface area (Å²) in [6, 6.07) is 86.7. The molecule has 0 unspecified atom stereocenters. The van der Waals surface area contributed by atoms with Gasteiger partial charge in [0, 0.05) is 51.2 Å². The average molecular weight is 786 g/mol. The van der Waals surface area contributed by atoms with Crippen LogP contribution in [0.5, 0.6) is 0 Å². The van der Waals surface area contributed by atoms with Crippen molar-refractivity contribution in [1.29, 1.82) is 0 Å². The zero-order valence-electron chi connectivity index (χ0n) is 34.1. The molecule has 0 radical (unpaired) electrons. The first-order valence-corrected chi connectivity index (χ1v) is 20.5. The second-order valence-corrected chi connectivity index (χ2v) is 14.4. The topological polar surface area (TPSA) is 9.72 Å². The van der Waals surface area contributed by atoms with E-state index in [1.54, 1.807) is 0 Å². The van der Waals surface area contributed by atoms with E-state index in [1.165, 1.54) is 11.1 Å². The highest BCUT2D eigenvalue weighted by atomic mass is 15.2. The van der Waals surface area contributed by atoms with E-state index in [0.717, 1.165) is 62.3 Å². The third-order valence-corrected chi connectivity index (χ3v) is 10.4. The van der Waals surface area contributed by atoms with Gasteiger partial charge < -0.3 is 14.7 Å². The zero-order valence-corrected chi connectivity index (χ0v) is 34.1. The second-order valence-electron chi connectivity index (χ2n) is 14.4. The molecular weight excluding hydrogens is 739 g/mol. The van der Waals surface area contributed by atoms with Crippen LogP contribution in [-0.4, -0.2) is 0 Å². The normalized spacial score (nSPS) is 10.4. The highest BCUT2D eigenvalue weighted by molar-refractivity contribution is 5.81. The van der Waals surface area contributed by atoms with Gasteiger partial charge in [0.15, 0.2) is 0 Å². The minimum atomic E-state index is 1.11. The molecule has 9 rings (SSSR count). The van der Waals surface area contributed by atoms with Crippen molar-refractivity contribution in [1.82, 2.24) is 0 Å². The number of benzene rings is 9. The van der Waals surface area contributed by atoms with E-state index in [9.17, 15) is 0 Å². The van der Waals surface area contributed by atoms with Crippen molar-refractivity contribution in [2.24, 2.45) is 0 Å². The Morgan fingerprint density at radius 1 is 0.213 bits per heavy atom. The van der Waals surface area contributed by atoms with Crippen LogP contribution >= 0.6 is 0 Å². The van der Waals surface area contributed by atoms with Gasteiger partial charge in [0.2, 0.25) is 0 Å². The van der Waals surface area contributed by atoms with Gasteiger partial charge in [0.05, 0.1) is 0 Å². The van der Waals surface area contributed by atoms with Gasteiger partial charge in [0.25, 0.3) is 0 Å². The third kappa shape index (κ3) is 9.60. The van der Waals surface area contributed by atoms with Crippen LogP contribution < -0.4 is 14.7 Å². The van der Waals surface area contributed by atoms with Crippen molar-refractivity contribution in [2.45, 2.75) is 0 Å². The van der Waals surface area contributed by atoms with Crippen LogP contribution in [0.2, 0.25) is 0 Å². The van der Waals surface area contributed by atoms with Crippen LogP contribution in [-0.2, 0) is 0 Å². The van der Waals surface area contributed by atoms with Gasteiger partial charge in [-0.05, 0) is 131 Å². The average Bonchev–Trinajstić information content (AvgIpc) is 3.35. The molecule has 0 N–H and O–H groups in total. The first-order chi connectivity index (χ1) is 30.2. The predicted octanol–water partition coefficient (Wildman–Crippen LogP) is 16.7. The molecule has 0 bridgehead atoms. The number of nitrogens with zero attached hydrogens (tertiary/aromatic N) is 3. The summed E-state index contributed by atoms with van der Waals surface area (Å²) in [4.78, 5) is 6.80. The van der Waals surface area contributed by atoms with Crippen molar-refractivity contribution in [3.8, 4) is 11.1 Å². The van der Waals surface area contributed by atoms with E-state index in [4.69, 9.17) is 0 Å². The first-order valence-electron chi connectivity index (χ1n) is 20.5. The van der Waals surface area contributed by atoms with Crippen LogP contribution in [0.15, 0.2) is 262 Å². The fraction of sp³-hybridized carbons (Fsp3) is 0. The Balaban J connectivity index is 0.000000205. The molecule has 9 aromatic carbocycles. The molecule has 0 amide bonds. The SMILES string of the molecule is C=Cc1ccc(N(c2ccccc2)c2ccc(-c3ccc(N(c4ccccc4)c4ccccc4)cc3)cc2)cc1.C=Cc1ccc(N(c2ccccc2)c2ccccc2)cc1. The quantitative estimate of drug-likeness (QED) is 0.122. The molecule has 3 nitrogen and oxygen atoms in total. The van der Waals surface area contributed by atoms with Crippen LogP contribution in [0.25, 0.3) is 23.3 Å². The lowest BCUT2D eigenvalue weighted by Gasteiger charge is -2.26. The molecule has 3 heteroatoms. The maximum atomic E-state index is 3.89. The van der Waals surface area contributed by atoms with E-state index >= 15 is 0 Å². The largest absolute Gasteiger partial charge is 0.311 e. The van der Waals surface area contributed by atoms with E-state index in [-0.39, 0.29) is 0 Å². The van der Waals surface area contributed by atoms with E-state index in [2.05, 4.69) is 258 Å². The minimum absolute atomic E-state index is 1.11. The fourth-order valence-corrected chi connectivity index (χ4v) is 7.35.